The molecular formula is C19H37N5. The second kappa shape index (κ2) is 8.52. The molecule has 1 saturated carbocycles. The molecule has 1 aliphatic carbocycles. The molecule has 3 rings (SSSR count). The monoisotopic (exact) mass is 335 g/mol. The molecule has 3 fully saturated rings. The zero-order valence-electron chi connectivity index (χ0n) is 15.9. The van der Waals surface area contributed by atoms with Gasteiger partial charge in [0.25, 0.3) is 0 Å². The average molecular weight is 336 g/mol. The van der Waals surface area contributed by atoms with Gasteiger partial charge in [-0.2, -0.15) is 0 Å². The van der Waals surface area contributed by atoms with Crippen molar-refractivity contribution in [3.05, 3.63) is 0 Å². The van der Waals surface area contributed by atoms with Gasteiger partial charge in [-0.15, -0.1) is 0 Å². The number of rotatable bonds is 6. The van der Waals surface area contributed by atoms with Crippen molar-refractivity contribution in [1.29, 1.82) is 0 Å². The highest BCUT2D eigenvalue weighted by molar-refractivity contribution is 5.80. The summed E-state index contributed by atoms with van der Waals surface area (Å²) < 4.78 is 0. The van der Waals surface area contributed by atoms with Gasteiger partial charge in [-0.3, -0.25) is 4.99 Å². The lowest BCUT2D eigenvalue weighted by atomic mass is 9.68. The van der Waals surface area contributed by atoms with Gasteiger partial charge in [0.2, 0.25) is 0 Å². The topological polar surface area (TPSA) is 34.1 Å². The van der Waals surface area contributed by atoms with E-state index in [1.807, 2.05) is 7.05 Å². The number of guanidine groups is 1. The smallest absolute Gasteiger partial charge is 0.193 e. The fourth-order valence-electron chi connectivity index (χ4n) is 4.52. The van der Waals surface area contributed by atoms with Gasteiger partial charge < -0.3 is 20.0 Å². The fourth-order valence-corrected chi connectivity index (χ4v) is 4.52. The zero-order chi connectivity index (χ0) is 16.8. The van der Waals surface area contributed by atoms with Crippen molar-refractivity contribution in [1.82, 2.24) is 20.0 Å². The number of nitrogens with zero attached hydrogens (tertiary/aromatic N) is 4. The van der Waals surface area contributed by atoms with Gasteiger partial charge in [0.05, 0.1) is 0 Å². The fraction of sp³-hybridized carbons (Fsp3) is 0.947. The van der Waals surface area contributed by atoms with Gasteiger partial charge >= 0.3 is 0 Å². The number of likely N-dealkylation sites (tertiary alicyclic amines) is 1. The third-order valence-corrected chi connectivity index (χ3v) is 6.46. The second-order valence-corrected chi connectivity index (χ2v) is 7.98. The maximum absolute atomic E-state index is 4.51. The van der Waals surface area contributed by atoms with Gasteiger partial charge in [0, 0.05) is 52.9 Å². The minimum Gasteiger partial charge on any atom is -0.356 e. The van der Waals surface area contributed by atoms with Crippen LogP contribution in [-0.4, -0.2) is 86.6 Å². The van der Waals surface area contributed by atoms with Crippen molar-refractivity contribution >= 4 is 5.96 Å². The molecule has 0 amide bonds. The van der Waals surface area contributed by atoms with Crippen molar-refractivity contribution in [2.75, 3.05) is 66.0 Å². The molecule has 0 aromatic heterocycles. The van der Waals surface area contributed by atoms with Crippen LogP contribution in [-0.2, 0) is 0 Å². The van der Waals surface area contributed by atoms with Crippen LogP contribution < -0.4 is 5.32 Å². The molecule has 2 heterocycles. The first-order valence-electron chi connectivity index (χ1n) is 10.1. The molecule has 1 N–H and O–H groups in total. The Morgan fingerprint density at radius 3 is 2.33 bits per heavy atom. The third kappa shape index (κ3) is 4.42. The molecule has 0 unspecified atom stereocenters. The molecule has 0 radical (unpaired) electrons. The largest absolute Gasteiger partial charge is 0.356 e. The van der Waals surface area contributed by atoms with E-state index in [9.17, 15) is 0 Å². The zero-order valence-corrected chi connectivity index (χ0v) is 15.9. The molecule has 0 bridgehead atoms. The summed E-state index contributed by atoms with van der Waals surface area (Å²) in [6.45, 7) is 13.2. The van der Waals surface area contributed by atoms with Gasteiger partial charge in [0.15, 0.2) is 5.96 Å². The Bertz CT molecular complexity index is 410. The van der Waals surface area contributed by atoms with E-state index in [1.165, 1.54) is 90.9 Å². The van der Waals surface area contributed by atoms with Crippen LogP contribution in [0.1, 0.15) is 45.4 Å². The van der Waals surface area contributed by atoms with Crippen LogP contribution in [0.25, 0.3) is 0 Å². The lowest BCUT2D eigenvalue weighted by Crippen LogP contribution is -2.46. The molecular weight excluding hydrogens is 298 g/mol. The number of nitrogens with one attached hydrogen (secondary N) is 1. The Balaban J connectivity index is 1.27. The Hall–Kier alpha value is -0.810. The number of piperazine rings is 1. The minimum atomic E-state index is 0.651. The molecule has 3 aliphatic rings. The van der Waals surface area contributed by atoms with E-state index in [-0.39, 0.29) is 0 Å². The average Bonchev–Trinajstić information content (AvgIpc) is 3.04. The molecule has 5 nitrogen and oxygen atoms in total. The van der Waals surface area contributed by atoms with E-state index in [0.29, 0.717) is 5.41 Å². The predicted octanol–water partition coefficient (Wildman–Crippen LogP) is 1.86. The summed E-state index contributed by atoms with van der Waals surface area (Å²) in [7, 11) is 1.93. The van der Waals surface area contributed by atoms with Crippen LogP contribution in [0.15, 0.2) is 4.99 Å². The summed E-state index contributed by atoms with van der Waals surface area (Å²) in [5, 5.41) is 3.60. The van der Waals surface area contributed by atoms with E-state index < -0.39 is 0 Å². The first-order chi connectivity index (χ1) is 11.7. The van der Waals surface area contributed by atoms with Crippen molar-refractivity contribution in [2.45, 2.75) is 45.4 Å². The normalized spacial score (nSPS) is 25.2. The Kier molecular flexibility index (Phi) is 6.39. The van der Waals surface area contributed by atoms with Crippen molar-refractivity contribution in [2.24, 2.45) is 10.4 Å². The minimum absolute atomic E-state index is 0.651. The third-order valence-electron chi connectivity index (χ3n) is 6.46. The second-order valence-electron chi connectivity index (χ2n) is 7.98. The van der Waals surface area contributed by atoms with Crippen LogP contribution in [0.4, 0.5) is 0 Å². The summed E-state index contributed by atoms with van der Waals surface area (Å²) in [5.74, 6) is 1.13. The number of hydrogen-bond donors (Lipinski definition) is 1. The van der Waals surface area contributed by atoms with Gasteiger partial charge in [0.1, 0.15) is 0 Å². The van der Waals surface area contributed by atoms with Crippen LogP contribution >= 0.6 is 0 Å². The van der Waals surface area contributed by atoms with Crippen molar-refractivity contribution in [3.63, 3.8) is 0 Å². The molecule has 5 heteroatoms. The number of unbranched alkanes of at least 4 members (excludes halogenated alkanes) is 1. The van der Waals surface area contributed by atoms with E-state index in [0.717, 1.165) is 12.5 Å². The molecule has 1 spiro atoms. The van der Waals surface area contributed by atoms with Crippen LogP contribution in [0, 0.1) is 5.41 Å². The number of hydrogen-bond acceptors (Lipinski definition) is 3. The van der Waals surface area contributed by atoms with Gasteiger partial charge in [-0.05, 0) is 50.6 Å². The quantitative estimate of drug-likeness (QED) is 0.456. The predicted molar refractivity (Wildman–Crippen MR) is 102 cm³/mol. The molecule has 138 valence electrons. The first-order valence-corrected chi connectivity index (χ1v) is 10.1. The summed E-state index contributed by atoms with van der Waals surface area (Å²) in [6, 6.07) is 0. The lowest BCUT2D eigenvalue weighted by Gasteiger charge is -2.38. The molecule has 0 atom stereocenters. The molecule has 2 saturated heterocycles. The Morgan fingerprint density at radius 2 is 1.75 bits per heavy atom. The van der Waals surface area contributed by atoms with Crippen molar-refractivity contribution < 1.29 is 0 Å². The Morgan fingerprint density at radius 1 is 1.00 bits per heavy atom. The highest BCUT2D eigenvalue weighted by atomic mass is 15.3. The van der Waals surface area contributed by atoms with Crippen LogP contribution in [0.3, 0.4) is 0 Å². The summed E-state index contributed by atoms with van der Waals surface area (Å²) >= 11 is 0. The maximum Gasteiger partial charge on any atom is 0.193 e. The Labute approximate surface area is 148 Å². The summed E-state index contributed by atoms with van der Waals surface area (Å²) in [4.78, 5) is 12.2. The first kappa shape index (κ1) is 18.0. The number of likely N-dealkylation sites (N-methyl/N-ethyl adjacent to an activating group) is 1. The van der Waals surface area contributed by atoms with E-state index >= 15 is 0 Å². The standard InChI is InChI=1S/C19H37N5/c1-3-22-13-15-23(16-14-22)11-5-4-10-21-18(20-2)24-12-9-19(17-24)7-6-8-19/h3-17H2,1-2H3,(H,20,21). The van der Waals surface area contributed by atoms with Crippen LogP contribution in [0.5, 0.6) is 0 Å². The van der Waals surface area contributed by atoms with E-state index in [2.05, 4.69) is 31.9 Å². The molecule has 0 aromatic rings. The molecule has 0 aromatic carbocycles. The lowest BCUT2D eigenvalue weighted by molar-refractivity contribution is 0.136. The summed E-state index contributed by atoms with van der Waals surface area (Å²) in [5.41, 5.74) is 0.651. The highest BCUT2D eigenvalue weighted by Crippen LogP contribution is 2.47. The summed E-state index contributed by atoms with van der Waals surface area (Å²) in [6.07, 6.45) is 8.22. The van der Waals surface area contributed by atoms with E-state index in [4.69, 9.17) is 0 Å². The molecule has 2 aliphatic heterocycles. The van der Waals surface area contributed by atoms with Gasteiger partial charge in [-0.25, -0.2) is 0 Å². The van der Waals surface area contributed by atoms with Crippen molar-refractivity contribution in [3.8, 4) is 0 Å². The maximum atomic E-state index is 4.51. The van der Waals surface area contributed by atoms with E-state index in [1.54, 1.807) is 0 Å². The molecule has 24 heavy (non-hydrogen) atoms. The highest BCUT2D eigenvalue weighted by Gasteiger charge is 2.43. The SMILES string of the molecule is CCN1CCN(CCCCNC(=NC)N2CCC3(CCC3)C2)CC1. The van der Waals surface area contributed by atoms with Gasteiger partial charge in [-0.1, -0.05) is 13.3 Å². The van der Waals surface area contributed by atoms with Crippen LogP contribution in [0.2, 0.25) is 0 Å². The number of aliphatic imine (C=N–C) groups is 1.